The lowest BCUT2D eigenvalue weighted by Gasteiger charge is -2.29. The molecule has 0 aliphatic carbocycles. The number of Topliss-reactive ketones (excluding diaryl/α,β-unsaturated/α-hetero) is 1. The van der Waals surface area contributed by atoms with Gasteiger partial charge in [-0.1, -0.05) is 18.7 Å². The Morgan fingerprint density at radius 1 is 1.11 bits per heavy atom. The number of benzene rings is 2. The number of hydrogen-bond acceptors (Lipinski definition) is 5. The van der Waals surface area contributed by atoms with Crippen LogP contribution in [-0.4, -0.2) is 31.9 Å². The second-order valence-electron chi connectivity index (χ2n) is 5.86. The standard InChI is InChI=1S/C20H16FNO5/c1-11(20(25)27-3)17(12-4-6-13(21)7-5-12)22-16-9-8-14(26-2)10-15(16)18(23)19(22)24/h4-10,17H,1H2,2-3H3/t17-/m1/s1. The highest BCUT2D eigenvalue weighted by atomic mass is 19.1. The van der Waals surface area contributed by atoms with Gasteiger partial charge in [0, 0.05) is 0 Å². The van der Waals surface area contributed by atoms with E-state index in [9.17, 15) is 18.8 Å². The largest absolute Gasteiger partial charge is 0.497 e. The molecule has 1 heterocycles. The first-order valence-electron chi connectivity index (χ1n) is 7.97. The van der Waals surface area contributed by atoms with E-state index in [4.69, 9.17) is 9.47 Å². The third-order valence-corrected chi connectivity index (χ3v) is 4.34. The number of anilines is 1. The van der Waals surface area contributed by atoms with Crippen LogP contribution >= 0.6 is 0 Å². The van der Waals surface area contributed by atoms with Crippen molar-refractivity contribution in [1.29, 1.82) is 0 Å². The molecule has 2 aromatic rings. The summed E-state index contributed by atoms with van der Waals surface area (Å²) in [5.74, 6) is -2.35. The van der Waals surface area contributed by atoms with Crippen LogP contribution in [0, 0.1) is 5.82 Å². The topological polar surface area (TPSA) is 72.9 Å². The lowest BCUT2D eigenvalue weighted by Crippen LogP contribution is -2.36. The SMILES string of the molecule is C=C(C(=O)OC)[C@H](c1ccc(F)cc1)N1C(=O)C(=O)c2cc(OC)ccc21. The Bertz CT molecular complexity index is 951. The first-order valence-corrected chi connectivity index (χ1v) is 7.97. The van der Waals surface area contributed by atoms with Gasteiger partial charge in [0.2, 0.25) is 0 Å². The van der Waals surface area contributed by atoms with Crippen LogP contribution in [0.5, 0.6) is 5.75 Å². The molecule has 1 atom stereocenters. The van der Waals surface area contributed by atoms with Gasteiger partial charge in [0.15, 0.2) is 0 Å². The minimum Gasteiger partial charge on any atom is -0.497 e. The van der Waals surface area contributed by atoms with Crippen molar-refractivity contribution in [2.24, 2.45) is 0 Å². The summed E-state index contributed by atoms with van der Waals surface area (Å²) >= 11 is 0. The highest BCUT2D eigenvalue weighted by Gasteiger charge is 2.43. The second kappa shape index (κ2) is 7.03. The number of halogens is 1. The molecule has 0 saturated heterocycles. The molecule has 1 aliphatic rings. The smallest absolute Gasteiger partial charge is 0.335 e. The molecular weight excluding hydrogens is 353 g/mol. The number of nitrogens with zero attached hydrogens (tertiary/aromatic N) is 1. The number of carbonyl (C=O) groups is 3. The Morgan fingerprint density at radius 2 is 1.78 bits per heavy atom. The van der Waals surface area contributed by atoms with Crippen LogP contribution in [0.25, 0.3) is 0 Å². The maximum Gasteiger partial charge on any atom is 0.335 e. The summed E-state index contributed by atoms with van der Waals surface area (Å²) in [6.07, 6.45) is 0. The fourth-order valence-electron chi connectivity index (χ4n) is 3.02. The third-order valence-electron chi connectivity index (χ3n) is 4.34. The van der Waals surface area contributed by atoms with Crippen molar-refractivity contribution in [3.8, 4) is 5.75 Å². The minimum absolute atomic E-state index is 0.0612. The quantitative estimate of drug-likeness (QED) is 0.460. The molecule has 3 rings (SSSR count). The molecule has 0 unspecified atom stereocenters. The molecule has 0 aromatic heterocycles. The van der Waals surface area contributed by atoms with Crippen molar-refractivity contribution in [2.75, 3.05) is 19.1 Å². The Labute approximate surface area is 154 Å². The van der Waals surface area contributed by atoms with E-state index in [2.05, 4.69) is 6.58 Å². The van der Waals surface area contributed by atoms with Crippen molar-refractivity contribution < 1.29 is 28.2 Å². The molecule has 0 saturated carbocycles. The van der Waals surface area contributed by atoms with Crippen molar-refractivity contribution >= 4 is 23.3 Å². The fraction of sp³-hybridized carbons (Fsp3) is 0.150. The Kier molecular flexibility index (Phi) is 4.77. The van der Waals surface area contributed by atoms with Gasteiger partial charge in [-0.3, -0.25) is 14.5 Å². The van der Waals surface area contributed by atoms with Crippen LogP contribution in [0.1, 0.15) is 22.0 Å². The molecule has 0 spiro atoms. The summed E-state index contributed by atoms with van der Waals surface area (Å²) in [7, 11) is 2.63. The predicted molar refractivity (Wildman–Crippen MR) is 95.1 cm³/mol. The first-order chi connectivity index (χ1) is 12.9. The lowest BCUT2D eigenvalue weighted by molar-refractivity contribution is -0.136. The minimum atomic E-state index is -1.02. The van der Waals surface area contributed by atoms with Gasteiger partial charge >= 0.3 is 5.97 Å². The molecule has 138 valence electrons. The zero-order valence-electron chi connectivity index (χ0n) is 14.7. The number of esters is 1. The van der Waals surface area contributed by atoms with Gasteiger partial charge < -0.3 is 9.47 Å². The van der Waals surface area contributed by atoms with Gasteiger partial charge in [0.05, 0.1) is 37.1 Å². The maximum atomic E-state index is 13.4. The van der Waals surface area contributed by atoms with Gasteiger partial charge in [-0.15, -0.1) is 0 Å². The number of rotatable bonds is 5. The predicted octanol–water partition coefficient (Wildman–Crippen LogP) is 2.83. The van der Waals surface area contributed by atoms with Gasteiger partial charge in [-0.2, -0.15) is 0 Å². The van der Waals surface area contributed by atoms with Crippen LogP contribution in [0.15, 0.2) is 54.6 Å². The first kappa shape index (κ1) is 18.3. The summed E-state index contributed by atoms with van der Waals surface area (Å²) in [5, 5.41) is 0. The number of fused-ring (bicyclic) bond motifs is 1. The molecular formula is C20H16FNO5. The highest BCUT2D eigenvalue weighted by Crippen LogP contribution is 2.40. The Hall–Kier alpha value is -3.48. The second-order valence-corrected chi connectivity index (χ2v) is 5.86. The molecule has 1 aliphatic heterocycles. The lowest BCUT2D eigenvalue weighted by atomic mass is 9.97. The number of ketones is 1. The summed E-state index contributed by atoms with van der Waals surface area (Å²) in [6.45, 7) is 3.74. The Balaban J connectivity index is 2.17. The molecule has 1 amide bonds. The average Bonchev–Trinajstić information content (AvgIpc) is 2.93. The summed E-state index contributed by atoms with van der Waals surface area (Å²) < 4.78 is 23.2. The van der Waals surface area contributed by atoms with Crippen molar-refractivity contribution in [3.63, 3.8) is 0 Å². The molecule has 6 nitrogen and oxygen atoms in total. The maximum absolute atomic E-state index is 13.4. The Morgan fingerprint density at radius 3 is 2.37 bits per heavy atom. The van der Waals surface area contributed by atoms with E-state index in [1.807, 2.05) is 0 Å². The molecule has 27 heavy (non-hydrogen) atoms. The monoisotopic (exact) mass is 369 g/mol. The van der Waals surface area contributed by atoms with E-state index in [1.54, 1.807) is 12.1 Å². The zero-order chi connectivity index (χ0) is 19.7. The molecule has 7 heteroatoms. The summed E-state index contributed by atoms with van der Waals surface area (Å²) in [6, 6.07) is 8.83. The molecule has 0 radical (unpaired) electrons. The number of hydrogen-bond donors (Lipinski definition) is 0. The van der Waals surface area contributed by atoms with Crippen molar-refractivity contribution in [3.05, 3.63) is 71.6 Å². The van der Waals surface area contributed by atoms with Crippen LogP contribution in [-0.2, 0) is 14.3 Å². The zero-order valence-corrected chi connectivity index (χ0v) is 14.7. The van der Waals surface area contributed by atoms with Crippen LogP contribution in [0.3, 0.4) is 0 Å². The summed E-state index contributed by atoms with van der Waals surface area (Å²) in [4.78, 5) is 38.5. The van der Waals surface area contributed by atoms with Gasteiger partial charge in [-0.05, 0) is 35.9 Å². The molecule has 0 fully saturated rings. The van der Waals surface area contributed by atoms with E-state index in [0.29, 0.717) is 17.0 Å². The van der Waals surface area contributed by atoms with Gasteiger partial charge in [0.1, 0.15) is 11.6 Å². The fourth-order valence-corrected chi connectivity index (χ4v) is 3.02. The van der Waals surface area contributed by atoms with E-state index in [0.717, 1.165) is 0 Å². The van der Waals surface area contributed by atoms with E-state index in [-0.39, 0.29) is 11.1 Å². The van der Waals surface area contributed by atoms with Crippen molar-refractivity contribution in [1.82, 2.24) is 0 Å². The average molecular weight is 369 g/mol. The van der Waals surface area contributed by atoms with Crippen LogP contribution < -0.4 is 9.64 Å². The third kappa shape index (κ3) is 3.08. The van der Waals surface area contributed by atoms with Crippen molar-refractivity contribution in [2.45, 2.75) is 6.04 Å². The number of ether oxygens (including phenoxy) is 2. The normalized spacial score (nSPS) is 14.0. The highest BCUT2D eigenvalue weighted by molar-refractivity contribution is 6.52. The van der Waals surface area contributed by atoms with Crippen LogP contribution in [0.4, 0.5) is 10.1 Å². The van der Waals surface area contributed by atoms with E-state index in [1.165, 1.54) is 49.5 Å². The van der Waals surface area contributed by atoms with Gasteiger partial charge in [-0.25, -0.2) is 9.18 Å². The number of methoxy groups -OCH3 is 2. The van der Waals surface area contributed by atoms with E-state index < -0.39 is 29.5 Å². The number of amides is 1. The van der Waals surface area contributed by atoms with E-state index >= 15 is 0 Å². The molecule has 0 N–H and O–H groups in total. The van der Waals surface area contributed by atoms with Gasteiger partial charge in [0.25, 0.3) is 11.7 Å². The molecule has 2 aromatic carbocycles. The van der Waals surface area contributed by atoms with Crippen LogP contribution in [0.2, 0.25) is 0 Å². The number of carbonyl (C=O) groups excluding carboxylic acids is 3. The summed E-state index contributed by atoms with van der Waals surface area (Å²) in [5.41, 5.74) is 0.819. The molecule has 0 bridgehead atoms.